The van der Waals surface area contributed by atoms with Crippen LogP contribution < -0.4 is 5.32 Å². The Balaban J connectivity index is 1.46. The van der Waals surface area contributed by atoms with Crippen molar-refractivity contribution in [3.8, 4) is 0 Å². The van der Waals surface area contributed by atoms with Gasteiger partial charge in [-0.3, -0.25) is 9.48 Å². The van der Waals surface area contributed by atoms with Gasteiger partial charge in [-0.05, 0) is 41.9 Å². The number of hydrogen-bond donors (Lipinski definition) is 1. The zero-order chi connectivity index (χ0) is 20.6. The number of carbonyl (C=O) groups excluding carboxylic acids is 1. The minimum atomic E-state index is -0.296. The number of fused-ring (bicyclic) bond motifs is 1. The van der Waals surface area contributed by atoms with E-state index >= 15 is 0 Å². The Kier molecular flexibility index (Phi) is 4.98. The molecule has 0 radical (unpaired) electrons. The maximum absolute atomic E-state index is 13.3. The molecule has 1 aliphatic carbocycles. The molecule has 0 unspecified atom stereocenters. The summed E-state index contributed by atoms with van der Waals surface area (Å²) < 4.78 is 20.4. The second-order valence-electron chi connectivity index (χ2n) is 8.75. The molecule has 152 valence electrons. The van der Waals surface area contributed by atoms with E-state index in [9.17, 15) is 9.18 Å². The molecule has 0 saturated carbocycles. The number of rotatable bonds is 4. The van der Waals surface area contributed by atoms with E-state index < -0.39 is 0 Å². The number of carbonyl (C=O) groups is 1. The summed E-state index contributed by atoms with van der Waals surface area (Å²) in [5.74, 6) is 0.717. The maximum atomic E-state index is 13.3. The fourth-order valence-electron chi connectivity index (χ4n) is 3.85. The highest BCUT2D eigenvalue weighted by atomic mass is 19.1. The van der Waals surface area contributed by atoms with Crippen molar-refractivity contribution < 1.29 is 13.7 Å². The average Bonchev–Trinajstić information content (AvgIpc) is 3.27. The topological polar surface area (TPSA) is 73.0 Å². The Morgan fingerprint density at radius 3 is 2.97 bits per heavy atom. The summed E-state index contributed by atoms with van der Waals surface area (Å²) in [6.07, 6.45) is 5.93. The molecule has 1 amide bonds. The highest BCUT2D eigenvalue weighted by Gasteiger charge is 2.34. The number of halogens is 1. The molecule has 0 spiro atoms. The molecule has 4 rings (SSSR count). The van der Waals surface area contributed by atoms with Crippen LogP contribution in [0.5, 0.6) is 0 Å². The van der Waals surface area contributed by atoms with Crippen LogP contribution in [0.15, 0.2) is 41.2 Å². The van der Waals surface area contributed by atoms with Crippen molar-refractivity contribution in [1.29, 1.82) is 0 Å². The van der Waals surface area contributed by atoms with Crippen LogP contribution in [0.3, 0.4) is 0 Å². The first-order chi connectivity index (χ1) is 13.8. The normalized spacial score (nSPS) is 16.5. The number of hydrogen-bond acceptors (Lipinski definition) is 4. The second-order valence-corrected chi connectivity index (χ2v) is 8.75. The Bertz CT molecular complexity index is 1030. The third-order valence-electron chi connectivity index (χ3n) is 5.60. The molecule has 0 saturated heterocycles. The lowest BCUT2D eigenvalue weighted by molar-refractivity contribution is 0.101. The Hall–Kier alpha value is -2.96. The molecule has 29 heavy (non-hydrogen) atoms. The largest absolute Gasteiger partial charge is 0.360 e. The predicted molar refractivity (Wildman–Crippen MR) is 107 cm³/mol. The lowest BCUT2D eigenvalue weighted by Crippen LogP contribution is -2.27. The first-order valence-electron chi connectivity index (χ1n) is 9.85. The SMILES string of the molecule is CC(C)(C)[C@H]1CCc2onc(C(=O)Nc3cnn(Cc4cccc(F)c4)c3)c2C1. The van der Waals surface area contributed by atoms with Crippen LogP contribution in [-0.2, 0) is 19.4 Å². The van der Waals surface area contributed by atoms with Gasteiger partial charge in [0.15, 0.2) is 5.69 Å². The van der Waals surface area contributed by atoms with Crippen molar-refractivity contribution in [2.45, 2.75) is 46.6 Å². The van der Waals surface area contributed by atoms with Crippen molar-refractivity contribution in [3.63, 3.8) is 0 Å². The molecule has 1 atom stereocenters. The second kappa shape index (κ2) is 7.46. The summed E-state index contributed by atoms with van der Waals surface area (Å²) in [6.45, 7) is 7.09. The first-order valence-corrected chi connectivity index (χ1v) is 9.85. The van der Waals surface area contributed by atoms with Crippen LogP contribution in [0.4, 0.5) is 10.1 Å². The number of nitrogens with one attached hydrogen (secondary N) is 1. The minimum absolute atomic E-state index is 0.167. The number of benzene rings is 1. The van der Waals surface area contributed by atoms with E-state index in [1.165, 1.54) is 12.1 Å². The fourth-order valence-corrected chi connectivity index (χ4v) is 3.85. The van der Waals surface area contributed by atoms with Gasteiger partial charge < -0.3 is 9.84 Å². The molecule has 1 aliphatic rings. The highest BCUT2D eigenvalue weighted by molar-refractivity contribution is 6.03. The molecular weight excluding hydrogens is 371 g/mol. The van der Waals surface area contributed by atoms with E-state index in [1.807, 2.05) is 6.07 Å². The van der Waals surface area contributed by atoms with E-state index in [2.05, 4.69) is 36.3 Å². The zero-order valence-electron chi connectivity index (χ0n) is 16.9. The van der Waals surface area contributed by atoms with Gasteiger partial charge >= 0.3 is 0 Å². The zero-order valence-corrected chi connectivity index (χ0v) is 16.9. The molecule has 0 fully saturated rings. The summed E-state index contributed by atoms with van der Waals surface area (Å²) >= 11 is 0. The molecule has 1 N–H and O–H groups in total. The van der Waals surface area contributed by atoms with Crippen molar-refractivity contribution in [2.24, 2.45) is 11.3 Å². The predicted octanol–water partition coefficient (Wildman–Crippen LogP) is 4.46. The lowest BCUT2D eigenvalue weighted by Gasteiger charge is -2.33. The molecule has 3 aromatic rings. The molecule has 6 nitrogen and oxygen atoms in total. The molecule has 2 aromatic heterocycles. The van der Waals surface area contributed by atoms with Gasteiger partial charge in [-0.25, -0.2) is 4.39 Å². The van der Waals surface area contributed by atoms with Crippen LogP contribution in [0.1, 0.15) is 54.6 Å². The highest BCUT2D eigenvalue weighted by Crippen LogP contribution is 2.38. The van der Waals surface area contributed by atoms with Crippen molar-refractivity contribution in [1.82, 2.24) is 14.9 Å². The number of nitrogens with zero attached hydrogens (tertiary/aromatic N) is 3. The van der Waals surface area contributed by atoms with Crippen LogP contribution in [0.25, 0.3) is 0 Å². The van der Waals surface area contributed by atoms with E-state index in [0.29, 0.717) is 23.8 Å². The third-order valence-corrected chi connectivity index (χ3v) is 5.60. The maximum Gasteiger partial charge on any atom is 0.278 e. The van der Waals surface area contributed by atoms with E-state index in [0.717, 1.165) is 36.1 Å². The fraction of sp³-hybridized carbons (Fsp3) is 0.409. The molecule has 7 heteroatoms. The van der Waals surface area contributed by atoms with Gasteiger partial charge in [0.25, 0.3) is 5.91 Å². The minimum Gasteiger partial charge on any atom is -0.360 e. The Morgan fingerprint density at radius 1 is 1.38 bits per heavy atom. The quantitative estimate of drug-likeness (QED) is 0.707. The number of amides is 1. The number of anilines is 1. The third kappa shape index (κ3) is 4.23. The van der Waals surface area contributed by atoms with Crippen LogP contribution in [-0.4, -0.2) is 20.8 Å². The standard InChI is InChI=1S/C22H25FN4O2/c1-22(2,3)15-7-8-19-18(10-15)20(26-29-19)21(28)25-17-11-24-27(13-17)12-14-5-4-6-16(23)9-14/h4-6,9,11,13,15H,7-8,10,12H2,1-3H3,(H,25,28)/t15-/m0/s1. The molecule has 0 bridgehead atoms. The van der Waals surface area contributed by atoms with Crippen LogP contribution in [0, 0.1) is 17.2 Å². The van der Waals surface area contributed by atoms with Gasteiger partial charge in [-0.15, -0.1) is 0 Å². The molecule has 2 heterocycles. The summed E-state index contributed by atoms with van der Waals surface area (Å²) in [5.41, 5.74) is 2.80. The van der Waals surface area contributed by atoms with Crippen LogP contribution >= 0.6 is 0 Å². The van der Waals surface area contributed by atoms with Gasteiger partial charge in [-0.1, -0.05) is 38.1 Å². The van der Waals surface area contributed by atoms with E-state index in [-0.39, 0.29) is 17.1 Å². The van der Waals surface area contributed by atoms with Gasteiger partial charge in [0, 0.05) is 18.2 Å². The molecule has 0 aliphatic heterocycles. The van der Waals surface area contributed by atoms with E-state index in [4.69, 9.17) is 4.52 Å². The van der Waals surface area contributed by atoms with Crippen molar-refractivity contribution in [2.75, 3.05) is 5.32 Å². The summed E-state index contributed by atoms with van der Waals surface area (Å²) in [6, 6.07) is 6.36. The molecular formula is C22H25FN4O2. The summed E-state index contributed by atoms with van der Waals surface area (Å²) in [4.78, 5) is 12.8. The summed E-state index contributed by atoms with van der Waals surface area (Å²) in [5, 5.41) is 11.1. The van der Waals surface area contributed by atoms with Crippen molar-refractivity contribution in [3.05, 3.63) is 65.1 Å². The summed E-state index contributed by atoms with van der Waals surface area (Å²) in [7, 11) is 0. The van der Waals surface area contributed by atoms with Crippen LogP contribution in [0.2, 0.25) is 0 Å². The van der Waals surface area contributed by atoms with Gasteiger partial charge in [0.1, 0.15) is 11.6 Å². The van der Waals surface area contributed by atoms with Gasteiger partial charge in [0.05, 0.1) is 18.4 Å². The smallest absolute Gasteiger partial charge is 0.278 e. The average molecular weight is 396 g/mol. The first kappa shape index (κ1) is 19.4. The Labute approximate surface area is 169 Å². The van der Waals surface area contributed by atoms with Crippen molar-refractivity contribution >= 4 is 11.6 Å². The lowest BCUT2D eigenvalue weighted by atomic mass is 9.71. The Morgan fingerprint density at radius 2 is 2.21 bits per heavy atom. The number of aromatic nitrogens is 3. The van der Waals surface area contributed by atoms with E-state index in [1.54, 1.807) is 23.1 Å². The van der Waals surface area contributed by atoms with Gasteiger partial charge in [-0.2, -0.15) is 5.10 Å². The van der Waals surface area contributed by atoms with Gasteiger partial charge in [0.2, 0.25) is 0 Å². The molecule has 1 aromatic carbocycles. The number of aryl methyl sites for hydroxylation is 1. The monoisotopic (exact) mass is 396 g/mol.